The molecule has 2 aromatic carbocycles. The Kier molecular flexibility index (Phi) is 3.96. The largest absolute Gasteiger partial charge is 0.388 e. The summed E-state index contributed by atoms with van der Waals surface area (Å²) >= 11 is 0. The molecule has 0 spiro atoms. The molecule has 0 heterocycles. The van der Waals surface area contributed by atoms with Crippen molar-refractivity contribution in [3.05, 3.63) is 70.3 Å². The molecule has 2 aromatic rings. The van der Waals surface area contributed by atoms with E-state index in [1.54, 1.807) is 0 Å². The van der Waals surface area contributed by atoms with E-state index in [0.717, 1.165) is 22.8 Å². The third kappa shape index (κ3) is 3.18. The maximum absolute atomic E-state index is 13.1. The smallest absolute Gasteiger partial charge is 0.126 e. The summed E-state index contributed by atoms with van der Waals surface area (Å²) in [4.78, 5) is 0. The summed E-state index contributed by atoms with van der Waals surface area (Å²) in [5.74, 6) is -1.24. The van der Waals surface area contributed by atoms with E-state index in [9.17, 15) is 13.9 Å². The quantitative estimate of drug-likeness (QED) is 0.890. The average Bonchev–Trinajstić information content (AvgIpc) is 2.26. The van der Waals surface area contributed by atoms with Gasteiger partial charge in [0.1, 0.15) is 11.6 Å². The number of hydrogen-bond donors (Lipinski definition) is 1. The number of aliphatic hydroxyl groups is 1. The van der Waals surface area contributed by atoms with Crippen LogP contribution in [0.1, 0.15) is 28.4 Å². The molecule has 100 valence electrons. The van der Waals surface area contributed by atoms with Gasteiger partial charge in [-0.25, -0.2) is 8.78 Å². The minimum Gasteiger partial charge on any atom is -0.388 e. The fraction of sp³-hybridized carbons (Fsp3) is 0.250. The molecule has 19 heavy (non-hydrogen) atoms. The predicted octanol–water partition coefficient (Wildman–Crippen LogP) is 3.86. The van der Waals surface area contributed by atoms with Crippen molar-refractivity contribution in [3.63, 3.8) is 0 Å². The first-order valence-corrected chi connectivity index (χ1v) is 6.16. The third-order valence-electron chi connectivity index (χ3n) is 3.23. The molecule has 0 aliphatic rings. The summed E-state index contributed by atoms with van der Waals surface area (Å²) in [5.41, 5.74) is 3.23. The van der Waals surface area contributed by atoms with Crippen LogP contribution >= 0.6 is 0 Å². The highest BCUT2D eigenvalue weighted by atomic mass is 19.1. The Hall–Kier alpha value is -1.74. The van der Waals surface area contributed by atoms with Crippen LogP contribution in [-0.4, -0.2) is 5.11 Å². The zero-order valence-corrected chi connectivity index (χ0v) is 11.0. The summed E-state index contributed by atoms with van der Waals surface area (Å²) in [5, 5.41) is 10.3. The highest BCUT2D eigenvalue weighted by molar-refractivity contribution is 5.36. The van der Waals surface area contributed by atoms with E-state index in [1.165, 1.54) is 12.1 Å². The van der Waals surface area contributed by atoms with Gasteiger partial charge in [0.2, 0.25) is 0 Å². The molecule has 0 bridgehead atoms. The zero-order chi connectivity index (χ0) is 14.0. The van der Waals surface area contributed by atoms with E-state index in [2.05, 4.69) is 0 Å². The van der Waals surface area contributed by atoms with Crippen LogP contribution < -0.4 is 0 Å². The molecule has 3 heteroatoms. The maximum Gasteiger partial charge on any atom is 0.126 e. The van der Waals surface area contributed by atoms with Crippen LogP contribution in [0.4, 0.5) is 8.78 Å². The Morgan fingerprint density at radius 2 is 1.53 bits per heavy atom. The minimum absolute atomic E-state index is 0.195. The van der Waals surface area contributed by atoms with Gasteiger partial charge in [-0.2, -0.15) is 0 Å². The van der Waals surface area contributed by atoms with Crippen molar-refractivity contribution in [1.29, 1.82) is 0 Å². The minimum atomic E-state index is -0.762. The van der Waals surface area contributed by atoms with Gasteiger partial charge in [0, 0.05) is 12.5 Å². The molecule has 0 amide bonds. The van der Waals surface area contributed by atoms with Gasteiger partial charge >= 0.3 is 0 Å². The second-order valence-corrected chi connectivity index (χ2v) is 4.80. The Labute approximate surface area is 111 Å². The fourth-order valence-electron chi connectivity index (χ4n) is 2.41. The lowest BCUT2D eigenvalue weighted by molar-refractivity contribution is 0.177. The summed E-state index contributed by atoms with van der Waals surface area (Å²) in [7, 11) is 0. The van der Waals surface area contributed by atoms with E-state index < -0.39 is 17.7 Å². The Morgan fingerprint density at radius 3 is 2.05 bits per heavy atom. The van der Waals surface area contributed by atoms with Crippen LogP contribution in [0.5, 0.6) is 0 Å². The number of aryl methyl sites for hydroxylation is 2. The van der Waals surface area contributed by atoms with Gasteiger partial charge in [0.25, 0.3) is 0 Å². The van der Waals surface area contributed by atoms with Crippen molar-refractivity contribution >= 4 is 0 Å². The molecule has 1 unspecified atom stereocenters. The number of aliphatic hydroxyl groups excluding tert-OH is 1. The molecular weight excluding hydrogens is 246 g/mol. The summed E-state index contributed by atoms with van der Waals surface area (Å²) in [6.07, 6.45) is -0.567. The van der Waals surface area contributed by atoms with E-state index in [4.69, 9.17) is 0 Å². The first kappa shape index (κ1) is 13.7. The monoisotopic (exact) mass is 262 g/mol. The normalized spacial score (nSPS) is 12.5. The van der Waals surface area contributed by atoms with Crippen molar-refractivity contribution in [2.24, 2.45) is 0 Å². The van der Waals surface area contributed by atoms with Gasteiger partial charge in [-0.15, -0.1) is 0 Å². The first-order valence-electron chi connectivity index (χ1n) is 6.16. The SMILES string of the molecule is Cc1cccc(C)c1C(O)Cc1cc(F)cc(F)c1. The number of hydrogen-bond acceptors (Lipinski definition) is 1. The molecule has 2 rings (SSSR count). The molecule has 0 saturated heterocycles. The molecule has 1 atom stereocenters. The Morgan fingerprint density at radius 1 is 1.00 bits per heavy atom. The predicted molar refractivity (Wildman–Crippen MR) is 70.9 cm³/mol. The van der Waals surface area contributed by atoms with Crippen molar-refractivity contribution in [2.75, 3.05) is 0 Å². The highest BCUT2D eigenvalue weighted by Gasteiger charge is 2.14. The lowest BCUT2D eigenvalue weighted by Crippen LogP contribution is -2.06. The molecule has 0 aliphatic carbocycles. The van der Waals surface area contributed by atoms with Gasteiger partial charge < -0.3 is 5.11 Å². The van der Waals surface area contributed by atoms with Crippen molar-refractivity contribution < 1.29 is 13.9 Å². The van der Waals surface area contributed by atoms with Crippen LogP contribution in [0.2, 0.25) is 0 Å². The van der Waals surface area contributed by atoms with E-state index >= 15 is 0 Å². The van der Waals surface area contributed by atoms with Gasteiger partial charge in [0.15, 0.2) is 0 Å². The van der Waals surface area contributed by atoms with Crippen molar-refractivity contribution in [1.82, 2.24) is 0 Å². The van der Waals surface area contributed by atoms with Gasteiger partial charge in [-0.05, 0) is 48.2 Å². The van der Waals surface area contributed by atoms with Gasteiger partial charge in [0.05, 0.1) is 6.10 Å². The molecule has 0 aliphatic heterocycles. The van der Waals surface area contributed by atoms with Crippen LogP contribution in [0, 0.1) is 25.5 Å². The van der Waals surface area contributed by atoms with Gasteiger partial charge in [-0.1, -0.05) is 18.2 Å². The van der Waals surface area contributed by atoms with E-state index in [1.807, 2.05) is 32.0 Å². The molecule has 1 nitrogen and oxygen atoms in total. The Bertz CT molecular complexity index is 553. The average molecular weight is 262 g/mol. The summed E-state index contributed by atoms with van der Waals surface area (Å²) < 4.78 is 26.2. The Balaban J connectivity index is 2.28. The number of benzene rings is 2. The standard InChI is InChI=1S/C16H16F2O/c1-10-4-3-5-11(2)16(10)15(19)8-12-6-13(17)9-14(18)7-12/h3-7,9,15,19H,8H2,1-2H3. The van der Waals surface area contributed by atoms with E-state index in [0.29, 0.717) is 5.56 Å². The van der Waals surface area contributed by atoms with Crippen LogP contribution in [0.3, 0.4) is 0 Å². The molecule has 0 saturated carbocycles. The van der Waals surface area contributed by atoms with Gasteiger partial charge in [-0.3, -0.25) is 0 Å². The zero-order valence-electron chi connectivity index (χ0n) is 11.0. The number of halogens is 2. The second-order valence-electron chi connectivity index (χ2n) is 4.80. The third-order valence-corrected chi connectivity index (χ3v) is 3.23. The highest BCUT2D eigenvalue weighted by Crippen LogP contribution is 2.25. The van der Waals surface area contributed by atoms with Crippen molar-refractivity contribution in [3.8, 4) is 0 Å². The summed E-state index contributed by atoms with van der Waals surface area (Å²) in [6, 6.07) is 9.08. The molecule has 0 aromatic heterocycles. The molecular formula is C16H16F2O. The maximum atomic E-state index is 13.1. The lowest BCUT2D eigenvalue weighted by Gasteiger charge is -2.16. The fourth-order valence-corrected chi connectivity index (χ4v) is 2.41. The van der Waals surface area contributed by atoms with E-state index in [-0.39, 0.29) is 6.42 Å². The van der Waals surface area contributed by atoms with Crippen LogP contribution in [-0.2, 0) is 6.42 Å². The van der Waals surface area contributed by atoms with Crippen LogP contribution in [0.15, 0.2) is 36.4 Å². The first-order chi connectivity index (χ1) is 8.97. The topological polar surface area (TPSA) is 20.2 Å². The lowest BCUT2D eigenvalue weighted by atomic mass is 9.94. The summed E-state index contributed by atoms with van der Waals surface area (Å²) in [6.45, 7) is 3.83. The molecule has 0 radical (unpaired) electrons. The molecule has 0 fully saturated rings. The van der Waals surface area contributed by atoms with Crippen LogP contribution in [0.25, 0.3) is 0 Å². The van der Waals surface area contributed by atoms with Crippen molar-refractivity contribution in [2.45, 2.75) is 26.4 Å². The second kappa shape index (κ2) is 5.49. The number of rotatable bonds is 3. The molecule has 1 N–H and O–H groups in total.